The van der Waals surface area contributed by atoms with E-state index in [1.54, 1.807) is 19.1 Å². The molecule has 1 unspecified atom stereocenters. The van der Waals surface area contributed by atoms with Crippen LogP contribution in [0.1, 0.15) is 29.7 Å². The van der Waals surface area contributed by atoms with Gasteiger partial charge in [0.1, 0.15) is 11.5 Å². The van der Waals surface area contributed by atoms with Gasteiger partial charge in [0.25, 0.3) is 5.91 Å². The molecule has 11 heteroatoms. The average molecular weight is 446 g/mol. The summed E-state index contributed by atoms with van der Waals surface area (Å²) in [5.74, 6) is -2.06. The Labute approximate surface area is 182 Å². The molecule has 0 aliphatic carbocycles. The summed E-state index contributed by atoms with van der Waals surface area (Å²) in [7, 11) is 0. The number of aromatic nitrogens is 2. The number of halogens is 3. The number of likely N-dealkylation sites (N-methyl/N-ethyl adjacent to an activating group) is 1. The Kier molecular flexibility index (Phi) is 6.86. The Morgan fingerprint density at radius 3 is 2.66 bits per heavy atom. The molecule has 1 fully saturated rings. The summed E-state index contributed by atoms with van der Waals surface area (Å²) in [4.78, 5) is 38.1. The number of aliphatic imine (C=N–C) groups is 1. The minimum absolute atomic E-state index is 0.121. The van der Waals surface area contributed by atoms with Gasteiger partial charge >= 0.3 is 6.18 Å². The molecule has 1 aromatic carbocycles. The summed E-state index contributed by atoms with van der Waals surface area (Å²) in [6, 6.07) is 9.74. The highest BCUT2D eigenvalue weighted by atomic mass is 19.4. The predicted molar refractivity (Wildman–Crippen MR) is 111 cm³/mol. The Morgan fingerprint density at radius 2 is 2.03 bits per heavy atom. The number of rotatable bonds is 5. The molecule has 8 nitrogen and oxygen atoms in total. The van der Waals surface area contributed by atoms with Crippen LogP contribution in [0.25, 0.3) is 0 Å². The number of hydrogen-bond donors (Lipinski definition) is 2. The van der Waals surface area contributed by atoms with E-state index in [0.717, 1.165) is 6.20 Å². The maximum atomic E-state index is 13.0. The number of nitrogens with one attached hydrogen (secondary N) is 1. The Hall–Kier alpha value is -3.76. The molecule has 0 bridgehead atoms. The first-order valence-corrected chi connectivity index (χ1v) is 9.79. The molecule has 2 heterocycles. The van der Waals surface area contributed by atoms with Gasteiger partial charge in [-0.05, 0) is 31.5 Å². The van der Waals surface area contributed by atoms with Gasteiger partial charge in [0.15, 0.2) is 0 Å². The fourth-order valence-corrected chi connectivity index (χ4v) is 3.23. The third kappa shape index (κ3) is 5.10. The predicted octanol–water partition coefficient (Wildman–Crippen LogP) is 2.67. The fraction of sp³-hybridized carbons (Fsp3) is 0.286. The van der Waals surface area contributed by atoms with Crippen LogP contribution in [0.2, 0.25) is 0 Å². The van der Waals surface area contributed by atoms with E-state index < -0.39 is 29.5 Å². The lowest BCUT2D eigenvalue weighted by Crippen LogP contribution is -2.49. The van der Waals surface area contributed by atoms with Gasteiger partial charge < -0.3 is 11.1 Å². The lowest BCUT2D eigenvalue weighted by molar-refractivity contribution is -0.141. The second-order valence-corrected chi connectivity index (χ2v) is 6.92. The molecule has 168 valence electrons. The number of piperidine rings is 1. The van der Waals surface area contributed by atoms with Crippen LogP contribution in [-0.2, 0) is 11.0 Å². The molecule has 0 radical (unpaired) electrons. The number of amidine groups is 1. The van der Waals surface area contributed by atoms with E-state index >= 15 is 0 Å². The monoisotopic (exact) mass is 446 g/mol. The number of alkyl halides is 3. The van der Waals surface area contributed by atoms with Crippen molar-refractivity contribution >= 4 is 23.3 Å². The normalized spacial score (nSPS) is 19.4. The first-order valence-electron chi connectivity index (χ1n) is 9.79. The molecule has 32 heavy (non-hydrogen) atoms. The largest absolute Gasteiger partial charge is 0.433 e. The minimum Gasteiger partial charge on any atom is -0.404 e. The summed E-state index contributed by atoms with van der Waals surface area (Å²) >= 11 is 0. The van der Waals surface area contributed by atoms with E-state index in [1.807, 2.05) is 18.2 Å². The van der Waals surface area contributed by atoms with Gasteiger partial charge in [-0.1, -0.05) is 18.2 Å². The lowest BCUT2D eigenvalue weighted by atomic mass is 9.92. The lowest BCUT2D eigenvalue weighted by Gasteiger charge is -2.34. The topological polar surface area (TPSA) is 114 Å². The molecule has 0 saturated carbocycles. The molecule has 2 amide bonds. The van der Waals surface area contributed by atoms with Gasteiger partial charge in [0.2, 0.25) is 11.7 Å². The third-order valence-corrected chi connectivity index (χ3v) is 4.79. The Morgan fingerprint density at radius 1 is 1.31 bits per heavy atom. The van der Waals surface area contributed by atoms with Crippen molar-refractivity contribution in [1.29, 1.82) is 0 Å². The van der Waals surface area contributed by atoms with E-state index in [9.17, 15) is 22.8 Å². The zero-order valence-corrected chi connectivity index (χ0v) is 17.1. The quantitative estimate of drug-likeness (QED) is 0.733. The maximum Gasteiger partial charge on any atom is 0.433 e. The third-order valence-electron chi connectivity index (χ3n) is 4.79. The summed E-state index contributed by atoms with van der Waals surface area (Å²) in [5, 5.41) is 2.44. The van der Waals surface area contributed by atoms with E-state index in [4.69, 9.17) is 5.73 Å². The molecule has 1 saturated heterocycles. The SMILES string of the molecule is CCN1C(=O)C(CNC(=O)c2nccc(C(F)(F)F)n2)C/C(=C/N)C1=Nc1ccccc1. The first-order chi connectivity index (χ1) is 15.2. The van der Waals surface area contributed by atoms with Gasteiger partial charge in [-0.3, -0.25) is 14.5 Å². The van der Waals surface area contributed by atoms with E-state index in [1.165, 1.54) is 11.1 Å². The molecule has 1 aliphatic rings. The second-order valence-electron chi connectivity index (χ2n) is 6.92. The summed E-state index contributed by atoms with van der Waals surface area (Å²) in [5.41, 5.74) is 5.83. The van der Waals surface area contributed by atoms with Crippen LogP contribution < -0.4 is 11.1 Å². The number of para-hydroxylation sites is 1. The molecule has 1 aromatic heterocycles. The average Bonchev–Trinajstić information content (AvgIpc) is 2.79. The van der Waals surface area contributed by atoms with E-state index in [-0.39, 0.29) is 18.9 Å². The first kappa shape index (κ1) is 22.9. The van der Waals surface area contributed by atoms with Gasteiger partial charge in [-0.2, -0.15) is 13.2 Å². The number of hydrogen-bond acceptors (Lipinski definition) is 6. The highest BCUT2D eigenvalue weighted by Gasteiger charge is 2.36. The number of likely N-dealkylation sites (tertiary alicyclic amines) is 1. The molecular weight excluding hydrogens is 425 g/mol. The standard InChI is InChI=1S/C21H21F3N6O2/c1-2-30-18(28-15-6-4-3-5-7-15)13(11-25)10-14(20(30)32)12-27-19(31)17-26-9-8-16(29-17)21(22,23)24/h3-9,11,14H,2,10,12,25H2,1H3,(H,27,31)/b13-11-,28-18?. The van der Waals surface area contributed by atoms with Gasteiger partial charge in [0.05, 0.1) is 11.6 Å². The summed E-state index contributed by atoms with van der Waals surface area (Å²) in [6.45, 7) is 1.98. The summed E-state index contributed by atoms with van der Waals surface area (Å²) < 4.78 is 38.4. The van der Waals surface area contributed by atoms with E-state index in [2.05, 4.69) is 20.3 Å². The van der Waals surface area contributed by atoms with Crippen molar-refractivity contribution < 1.29 is 22.8 Å². The van der Waals surface area contributed by atoms with Crippen molar-refractivity contribution in [2.75, 3.05) is 13.1 Å². The number of carbonyl (C=O) groups excluding carboxylic acids is 2. The molecule has 1 atom stereocenters. The molecule has 1 aliphatic heterocycles. The molecule has 0 spiro atoms. The van der Waals surface area contributed by atoms with Crippen molar-refractivity contribution in [3.05, 3.63) is 65.9 Å². The van der Waals surface area contributed by atoms with Crippen LogP contribution in [0.3, 0.4) is 0 Å². The molecular formula is C21H21F3N6O2. The number of amides is 2. The van der Waals surface area contributed by atoms with Crippen LogP contribution in [0.5, 0.6) is 0 Å². The van der Waals surface area contributed by atoms with Crippen LogP contribution in [0, 0.1) is 5.92 Å². The van der Waals surface area contributed by atoms with Crippen LogP contribution in [-0.4, -0.2) is 45.6 Å². The molecule has 3 rings (SSSR count). The zero-order valence-electron chi connectivity index (χ0n) is 17.1. The summed E-state index contributed by atoms with van der Waals surface area (Å²) in [6.07, 6.45) is -2.27. The Bertz CT molecular complexity index is 1050. The van der Waals surface area contributed by atoms with Crippen LogP contribution in [0.15, 0.2) is 59.4 Å². The number of carbonyl (C=O) groups is 2. The van der Waals surface area contributed by atoms with E-state index in [0.29, 0.717) is 29.7 Å². The number of nitrogens with two attached hydrogens (primary N) is 1. The van der Waals surface area contributed by atoms with Crippen LogP contribution in [0.4, 0.5) is 18.9 Å². The number of nitrogens with zero attached hydrogens (tertiary/aromatic N) is 4. The highest BCUT2D eigenvalue weighted by molar-refractivity contribution is 6.12. The van der Waals surface area contributed by atoms with Crippen molar-refractivity contribution in [3.8, 4) is 0 Å². The molecule has 2 aromatic rings. The minimum atomic E-state index is -4.70. The van der Waals surface area contributed by atoms with Crippen molar-refractivity contribution in [3.63, 3.8) is 0 Å². The maximum absolute atomic E-state index is 13.0. The molecule has 3 N–H and O–H groups in total. The second kappa shape index (κ2) is 9.58. The van der Waals surface area contributed by atoms with Crippen molar-refractivity contribution in [2.45, 2.75) is 19.5 Å². The van der Waals surface area contributed by atoms with Gasteiger partial charge in [-0.15, -0.1) is 0 Å². The Balaban J connectivity index is 1.76. The van der Waals surface area contributed by atoms with Crippen molar-refractivity contribution in [1.82, 2.24) is 20.2 Å². The van der Waals surface area contributed by atoms with Gasteiger partial charge in [-0.25, -0.2) is 15.0 Å². The number of benzene rings is 1. The smallest absolute Gasteiger partial charge is 0.404 e. The fourth-order valence-electron chi connectivity index (χ4n) is 3.23. The highest BCUT2D eigenvalue weighted by Crippen LogP contribution is 2.28. The van der Waals surface area contributed by atoms with Gasteiger partial charge in [0, 0.05) is 31.1 Å². The zero-order chi connectivity index (χ0) is 23.3. The van der Waals surface area contributed by atoms with Crippen molar-refractivity contribution in [2.24, 2.45) is 16.6 Å². The van der Waals surface area contributed by atoms with Crippen LogP contribution >= 0.6 is 0 Å².